The van der Waals surface area contributed by atoms with E-state index in [1.165, 1.54) is 0 Å². The van der Waals surface area contributed by atoms with Crippen LogP contribution in [-0.4, -0.2) is 29.5 Å². The molecule has 244 valence electrons. The highest BCUT2D eigenvalue weighted by molar-refractivity contribution is 5.97. The number of imidazole rings is 1. The lowest BCUT2D eigenvalue weighted by atomic mass is 9.99. The molecule has 0 fully saturated rings. The molecule has 0 unspecified atom stereocenters. The van der Waals surface area contributed by atoms with Gasteiger partial charge in [0, 0.05) is 40.2 Å². The van der Waals surface area contributed by atoms with Crippen LogP contribution in [0.2, 0.25) is 0 Å². The summed E-state index contributed by atoms with van der Waals surface area (Å²) in [6.45, 7) is 0. The summed E-state index contributed by atoms with van der Waals surface area (Å²) in [7, 11) is 0. The van der Waals surface area contributed by atoms with Gasteiger partial charge < -0.3 is 0 Å². The molecular weight excluding hydrogens is 639 g/mol. The second kappa shape index (κ2) is 12.3. The Morgan fingerprint density at radius 3 is 1.62 bits per heavy atom. The van der Waals surface area contributed by atoms with E-state index in [1.54, 1.807) is 0 Å². The molecule has 0 saturated carbocycles. The standard InChI is InChI=1S/C45H29N7/c1-3-13-31(14-4-1)42-48-43(32-15-5-2-6-16-32)50-44(49-42)34-27-33(30-23-25-46-26-24-30)28-35(29-34)51-39-20-10-7-17-36(39)37-18-8-11-21-40(37)52-41-22-12-9-19-38(41)47-45(51)52/h1-29H. The van der Waals surface area contributed by atoms with Crippen molar-refractivity contribution in [2.24, 2.45) is 0 Å². The molecule has 0 radical (unpaired) electrons. The van der Waals surface area contributed by atoms with Crippen LogP contribution in [0.1, 0.15) is 0 Å². The maximum absolute atomic E-state index is 5.32. The monoisotopic (exact) mass is 667 g/mol. The molecule has 9 aromatic rings. The van der Waals surface area contributed by atoms with Gasteiger partial charge in [-0.25, -0.2) is 19.9 Å². The van der Waals surface area contributed by atoms with Gasteiger partial charge in [0.1, 0.15) is 0 Å². The quantitative estimate of drug-likeness (QED) is 0.182. The summed E-state index contributed by atoms with van der Waals surface area (Å²) in [5.74, 6) is 2.59. The lowest BCUT2D eigenvalue weighted by molar-refractivity contribution is 1.05. The summed E-state index contributed by atoms with van der Waals surface area (Å²) >= 11 is 0. The van der Waals surface area contributed by atoms with Gasteiger partial charge in [-0.05, 0) is 65.7 Å². The Morgan fingerprint density at radius 1 is 0.385 bits per heavy atom. The molecule has 10 rings (SSSR count). The van der Waals surface area contributed by atoms with Gasteiger partial charge in [0.25, 0.3) is 0 Å². The summed E-state index contributed by atoms with van der Waals surface area (Å²) in [6, 6.07) is 56.1. The fourth-order valence-corrected chi connectivity index (χ4v) is 7.07. The van der Waals surface area contributed by atoms with Crippen LogP contribution in [0.25, 0.3) is 73.1 Å². The minimum Gasteiger partial charge on any atom is -0.280 e. The molecule has 0 spiro atoms. The van der Waals surface area contributed by atoms with E-state index in [2.05, 4.69) is 99.4 Å². The molecule has 6 aromatic carbocycles. The molecule has 1 aliphatic rings. The Hall–Kier alpha value is -7.25. The van der Waals surface area contributed by atoms with Crippen LogP contribution < -0.4 is 4.90 Å². The van der Waals surface area contributed by atoms with E-state index in [-0.39, 0.29) is 0 Å². The van der Waals surface area contributed by atoms with Crippen molar-refractivity contribution < 1.29 is 0 Å². The zero-order chi connectivity index (χ0) is 34.4. The summed E-state index contributed by atoms with van der Waals surface area (Å²) < 4.78 is 2.27. The Kier molecular flexibility index (Phi) is 6.99. The van der Waals surface area contributed by atoms with E-state index in [4.69, 9.17) is 19.9 Å². The summed E-state index contributed by atoms with van der Waals surface area (Å²) in [4.78, 5) is 27.1. The van der Waals surface area contributed by atoms with Gasteiger partial charge in [0.15, 0.2) is 17.5 Å². The fraction of sp³-hybridized carbons (Fsp3) is 0. The molecule has 7 heteroatoms. The van der Waals surface area contributed by atoms with Crippen molar-refractivity contribution in [3.63, 3.8) is 0 Å². The first kappa shape index (κ1) is 29.6. The van der Waals surface area contributed by atoms with Gasteiger partial charge in [-0.2, -0.15) is 0 Å². The fourth-order valence-electron chi connectivity index (χ4n) is 7.07. The third-order valence-electron chi connectivity index (χ3n) is 9.47. The zero-order valence-corrected chi connectivity index (χ0v) is 27.9. The minimum absolute atomic E-state index is 0.574. The van der Waals surface area contributed by atoms with Crippen molar-refractivity contribution in [2.45, 2.75) is 0 Å². The largest absolute Gasteiger partial charge is 0.280 e. The van der Waals surface area contributed by atoms with Crippen molar-refractivity contribution in [3.05, 3.63) is 176 Å². The van der Waals surface area contributed by atoms with Gasteiger partial charge >= 0.3 is 0 Å². The maximum atomic E-state index is 5.32. The number of hydrogen-bond acceptors (Lipinski definition) is 6. The topological polar surface area (TPSA) is 72.6 Å². The van der Waals surface area contributed by atoms with E-state index < -0.39 is 0 Å². The van der Waals surface area contributed by atoms with Crippen LogP contribution in [0.3, 0.4) is 0 Å². The van der Waals surface area contributed by atoms with E-state index in [1.807, 2.05) is 91.3 Å². The van der Waals surface area contributed by atoms with E-state index in [9.17, 15) is 0 Å². The van der Waals surface area contributed by atoms with Crippen LogP contribution in [0.5, 0.6) is 0 Å². The van der Waals surface area contributed by atoms with Gasteiger partial charge in [0.05, 0.1) is 28.1 Å². The number of hydrogen-bond donors (Lipinski definition) is 0. The SMILES string of the molecule is c1ccc(-c2nc(-c3ccccc3)nc(-c3cc(-c4ccncc4)cc(N4c5ccccc5-c5ccccc5-n5c4nc4ccccc45)c3)n2)cc1. The van der Waals surface area contributed by atoms with Gasteiger partial charge in [-0.1, -0.05) is 109 Å². The third kappa shape index (κ3) is 5.03. The lowest BCUT2D eigenvalue weighted by Crippen LogP contribution is -2.14. The van der Waals surface area contributed by atoms with Crippen molar-refractivity contribution in [3.8, 4) is 62.1 Å². The first-order chi connectivity index (χ1) is 25.8. The molecule has 0 amide bonds. The third-order valence-corrected chi connectivity index (χ3v) is 9.47. The molecule has 0 aliphatic carbocycles. The Morgan fingerprint density at radius 2 is 0.923 bits per heavy atom. The van der Waals surface area contributed by atoms with E-state index in [0.717, 1.165) is 73.0 Å². The highest BCUT2D eigenvalue weighted by Gasteiger charge is 2.29. The predicted molar refractivity (Wildman–Crippen MR) is 208 cm³/mol. The Labute approximate surface area is 300 Å². The molecule has 7 nitrogen and oxygen atoms in total. The highest BCUT2D eigenvalue weighted by atomic mass is 15.3. The number of nitrogens with zero attached hydrogens (tertiary/aromatic N) is 7. The number of fused-ring (bicyclic) bond motifs is 7. The van der Waals surface area contributed by atoms with Crippen LogP contribution in [0, 0.1) is 0 Å². The number of benzene rings is 6. The number of para-hydroxylation sites is 4. The van der Waals surface area contributed by atoms with Crippen molar-refractivity contribution >= 4 is 28.4 Å². The summed E-state index contributed by atoms with van der Waals surface area (Å²) in [6.07, 6.45) is 3.64. The van der Waals surface area contributed by atoms with Crippen molar-refractivity contribution in [1.29, 1.82) is 0 Å². The molecular formula is C45H29N7. The zero-order valence-electron chi connectivity index (χ0n) is 27.9. The molecule has 1 aliphatic heterocycles. The summed E-state index contributed by atoms with van der Waals surface area (Å²) in [5, 5.41) is 0. The molecule has 4 heterocycles. The average Bonchev–Trinajstić information content (AvgIpc) is 3.55. The van der Waals surface area contributed by atoms with E-state index >= 15 is 0 Å². The van der Waals surface area contributed by atoms with E-state index in [0.29, 0.717) is 17.5 Å². The number of pyridine rings is 1. The van der Waals surface area contributed by atoms with Gasteiger partial charge in [-0.3, -0.25) is 14.5 Å². The van der Waals surface area contributed by atoms with Crippen LogP contribution in [-0.2, 0) is 0 Å². The average molecular weight is 668 g/mol. The van der Waals surface area contributed by atoms with Crippen molar-refractivity contribution in [2.75, 3.05) is 4.90 Å². The number of anilines is 3. The maximum Gasteiger partial charge on any atom is 0.220 e. The molecule has 0 bridgehead atoms. The highest BCUT2D eigenvalue weighted by Crippen LogP contribution is 2.48. The predicted octanol–water partition coefficient (Wildman–Crippen LogP) is 10.7. The van der Waals surface area contributed by atoms with Crippen molar-refractivity contribution in [1.82, 2.24) is 29.5 Å². The molecule has 0 atom stereocenters. The van der Waals surface area contributed by atoms with Gasteiger partial charge in [-0.15, -0.1) is 0 Å². The molecule has 0 saturated heterocycles. The Balaban J connectivity index is 1.27. The lowest BCUT2D eigenvalue weighted by Gasteiger charge is -2.25. The Bertz CT molecular complexity index is 2680. The molecule has 0 N–H and O–H groups in total. The number of rotatable bonds is 5. The smallest absolute Gasteiger partial charge is 0.220 e. The summed E-state index contributed by atoms with van der Waals surface area (Å²) in [5.41, 5.74) is 11.9. The first-order valence-electron chi connectivity index (χ1n) is 17.2. The van der Waals surface area contributed by atoms with Crippen LogP contribution >= 0.6 is 0 Å². The van der Waals surface area contributed by atoms with Crippen LogP contribution in [0.4, 0.5) is 17.3 Å². The van der Waals surface area contributed by atoms with Gasteiger partial charge in [0.2, 0.25) is 5.95 Å². The van der Waals surface area contributed by atoms with Crippen LogP contribution in [0.15, 0.2) is 176 Å². The normalized spacial score (nSPS) is 11.8. The number of aromatic nitrogens is 6. The second-order valence-electron chi connectivity index (χ2n) is 12.6. The molecule has 52 heavy (non-hydrogen) atoms. The first-order valence-corrected chi connectivity index (χ1v) is 17.2. The minimum atomic E-state index is 0.574. The second-order valence-corrected chi connectivity index (χ2v) is 12.6. The molecule has 3 aromatic heterocycles.